The molecular weight excluding hydrogens is 226 g/mol. The van der Waals surface area contributed by atoms with Gasteiger partial charge in [-0.2, -0.15) is 0 Å². The topological polar surface area (TPSA) is 26.3 Å². The van der Waals surface area contributed by atoms with Crippen molar-refractivity contribution >= 4 is 17.4 Å². The molecule has 0 aliphatic carbocycles. The first kappa shape index (κ1) is 11.9. The Bertz CT molecular complexity index is 391. The van der Waals surface area contributed by atoms with Crippen LogP contribution in [0.4, 0.5) is 8.78 Å². The summed E-state index contributed by atoms with van der Waals surface area (Å²) in [5, 5.41) is -0.0669. The molecule has 0 N–H and O–H groups in total. The van der Waals surface area contributed by atoms with Gasteiger partial charge < -0.3 is 4.74 Å². The Morgan fingerprint density at radius 2 is 2.07 bits per heavy atom. The van der Waals surface area contributed by atoms with Crippen LogP contribution in [-0.4, -0.2) is 12.9 Å². The van der Waals surface area contributed by atoms with Crippen molar-refractivity contribution in [3.63, 3.8) is 0 Å². The maximum atomic E-state index is 12.5. The first-order valence-corrected chi connectivity index (χ1v) is 4.52. The molecule has 15 heavy (non-hydrogen) atoms. The van der Waals surface area contributed by atoms with E-state index in [1.54, 1.807) is 0 Å². The molecule has 1 aromatic rings. The van der Waals surface area contributed by atoms with Gasteiger partial charge in [0.15, 0.2) is 5.78 Å². The average Bonchev–Trinajstić information content (AvgIpc) is 2.16. The van der Waals surface area contributed by atoms with Crippen molar-refractivity contribution in [2.24, 2.45) is 0 Å². The second-order valence-electron chi connectivity index (χ2n) is 2.91. The Balaban J connectivity index is 3.39. The summed E-state index contributed by atoms with van der Waals surface area (Å²) in [5.74, 6) is -0.432. The van der Waals surface area contributed by atoms with Crippen LogP contribution in [0.15, 0.2) is 12.1 Å². The van der Waals surface area contributed by atoms with Crippen molar-refractivity contribution in [2.75, 3.05) is 7.11 Å². The largest absolute Gasteiger partial charge is 0.495 e. The van der Waals surface area contributed by atoms with Gasteiger partial charge in [-0.3, -0.25) is 4.79 Å². The highest BCUT2D eigenvalue weighted by Gasteiger charge is 2.20. The van der Waals surface area contributed by atoms with Gasteiger partial charge in [-0.25, -0.2) is 8.78 Å². The lowest BCUT2D eigenvalue weighted by Crippen LogP contribution is -2.00. The zero-order valence-electron chi connectivity index (χ0n) is 8.18. The summed E-state index contributed by atoms with van der Waals surface area (Å²) < 4.78 is 29.8. The van der Waals surface area contributed by atoms with E-state index in [9.17, 15) is 13.6 Å². The van der Waals surface area contributed by atoms with Gasteiger partial charge in [0.1, 0.15) is 5.75 Å². The molecule has 0 saturated carbocycles. The van der Waals surface area contributed by atoms with Crippen LogP contribution in [0.2, 0.25) is 5.02 Å². The Kier molecular flexibility index (Phi) is 3.63. The molecule has 5 heteroatoms. The van der Waals surface area contributed by atoms with Crippen LogP contribution in [0.1, 0.15) is 29.3 Å². The zero-order valence-corrected chi connectivity index (χ0v) is 8.94. The molecule has 0 heterocycles. The van der Waals surface area contributed by atoms with Gasteiger partial charge in [0, 0.05) is 5.56 Å². The van der Waals surface area contributed by atoms with E-state index >= 15 is 0 Å². The molecule has 0 fully saturated rings. The number of Topliss-reactive ketones (excluding diaryl/α,β-unsaturated/α-hetero) is 1. The highest BCUT2D eigenvalue weighted by atomic mass is 35.5. The predicted molar refractivity (Wildman–Crippen MR) is 53.0 cm³/mol. The number of alkyl halides is 2. The lowest BCUT2D eigenvalue weighted by Gasteiger charge is -2.11. The van der Waals surface area contributed by atoms with E-state index in [1.807, 2.05) is 0 Å². The van der Waals surface area contributed by atoms with Crippen LogP contribution >= 0.6 is 11.6 Å². The van der Waals surface area contributed by atoms with Crippen molar-refractivity contribution in [3.8, 4) is 5.75 Å². The van der Waals surface area contributed by atoms with Crippen molar-refractivity contribution < 1.29 is 18.3 Å². The van der Waals surface area contributed by atoms with Crippen LogP contribution in [0.25, 0.3) is 0 Å². The molecule has 0 spiro atoms. The third-order valence-corrected chi connectivity index (χ3v) is 2.32. The third kappa shape index (κ3) is 2.26. The van der Waals surface area contributed by atoms with Crippen LogP contribution in [0, 0.1) is 0 Å². The highest BCUT2D eigenvalue weighted by molar-refractivity contribution is 6.35. The lowest BCUT2D eigenvalue weighted by atomic mass is 10.1. The summed E-state index contributed by atoms with van der Waals surface area (Å²) in [5.41, 5.74) is -0.134. The molecule has 2 nitrogen and oxygen atoms in total. The van der Waals surface area contributed by atoms with Crippen molar-refractivity contribution in [2.45, 2.75) is 13.3 Å². The smallest absolute Gasteiger partial charge is 0.267 e. The standard InChI is InChI=1S/C10H9ClF2O2/c1-5(14)6-3-4-7(10(12)13)9(15-2)8(6)11/h3-4,10H,1-2H3. The molecule has 0 aromatic heterocycles. The fourth-order valence-electron chi connectivity index (χ4n) is 1.22. The van der Waals surface area contributed by atoms with E-state index in [0.29, 0.717) is 0 Å². The molecule has 1 aromatic carbocycles. The van der Waals surface area contributed by atoms with Crippen molar-refractivity contribution in [3.05, 3.63) is 28.3 Å². The first-order valence-electron chi connectivity index (χ1n) is 4.14. The summed E-state index contributed by atoms with van der Waals surface area (Å²) in [4.78, 5) is 11.1. The Morgan fingerprint density at radius 3 is 2.47 bits per heavy atom. The summed E-state index contributed by atoms with van der Waals surface area (Å²) in [7, 11) is 1.23. The highest BCUT2D eigenvalue weighted by Crippen LogP contribution is 2.37. The number of carbonyl (C=O) groups excluding carboxylic acids is 1. The zero-order chi connectivity index (χ0) is 11.6. The van der Waals surface area contributed by atoms with Crippen molar-refractivity contribution in [1.82, 2.24) is 0 Å². The van der Waals surface area contributed by atoms with Gasteiger partial charge >= 0.3 is 0 Å². The minimum atomic E-state index is -2.68. The third-order valence-electron chi connectivity index (χ3n) is 1.95. The van der Waals surface area contributed by atoms with Gasteiger partial charge in [-0.15, -0.1) is 0 Å². The van der Waals surface area contributed by atoms with Gasteiger partial charge in [-0.1, -0.05) is 11.6 Å². The number of hydrogen-bond donors (Lipinski definition) is 0. The summed E-state index contributed by atoms with van der Waals surface area (Å²) in [6, 6.07) is 2.42. The molecular formula is C10H9ClF2O2. The second-order valence-corrected chi connectivity index (χ2v) is 3.28. The quantitative estimate of drug-likeness (QED) is 0.749. The lowest BCUT2D eigenvalue weighted by molar-refractivity contribution is 0.101. The SMILES string of the molecule is COc1c(C(F)F)ccc(C(C)=O)c1Cl. The van der Waals surface area contributed by atoms with Gasteiger partial charge in [-0.05, 0) is 19.1 Å². The molecule has 0 saturated heterocycles. The normalized spacial score (nSPS) is 10.5. The molecule has 0 aliphatic rings. The maximum Gasteiger partial charge on any atom is 0.267 e. The first-order chi connectivity index (χ1) is 6.99. The number of rotatable bonds is 3. The average molecular weight is 235 g/mol. The number of hydrogen-bond acceptors (Lipinski definition) is 2. The van der Waals surface area contributed by atoms with E-state index in [1.165, 1.54) is 20.1 Å². The number of carbonyl (C=O) groups is 1. The fourth-order valence-corrected chi connectivity index (χ4v) is 1.60. The molecule has 0 unspecified atom stereocenters. The maximum absolute atomic E-state index is 12.5. The van der Waals surface area contributed by atoms with Crippen LogP contribution < -0.4 is 4.74 Å². The fraction of sp³-hybridized carbons (Fsp3) is 0.300. The van der Waals surface area contributed by atoms with E-state index in [2.05, 4.69) is 0 Å². The number of methoxy groups -OCH3 is 1. The van der Waals surface area contributed by atoms with Crippen LogP contribution in [0.3, 0.4) is 0 Å². The predicted octanol–water partition coefficient (Wildman–Crippen LogP) is 3.49. The molecule has 1 rings (SSSR count). The molecule has 0 bridgehead atoms. The van der Waals surface area contributed by atoms with Gasteiger partial charge in [0.05, 0.1) is 17.7 Å². The number of ether oxygens (including phenoxy) is 1. The van der Waals surface area contributed by atoms with E-state index in [4.69, 9.17) is 16.3 Å². The van der Waals surface area contributed by atoms with E-state index in [0.717, 1.165) is 6.07 Å². The number of halogens is 3. The number of ketones is 1. The van der Waals surface area contributed by atoms with Gasteiger partial charge in [0.2, 0.25) is 0 Å². The summed E-state index contributed by atoms with van der Waals surface area (Å²) in [6.07, 6.45) is -2.68. The Morgan fingerprint density at radius 1 is 1.47 bits per heavy atom. The van der Waals surface area contributed by atoms with Gasteiger partial charge in [0.25, 0.3) is 6.43 Å². The molecule has 82 valence electrons. The monoisotopic (exact) mass is 234 g/mol. The van der Waals surface area contributed by atoms with E-state index in [-0.39, 0.29) is 27.7 Å². The second kappa shape index (κ2) is 4.57. The molecule has 0 atom stereocenters. The Labute approximate surface area is 90.8 Å². The number of benzene rings is 1. The van der Waals surface area contributed by atoms with Crippen LogP contribution in [0.5, 0.6) is 5.75 Å². The molecule has 0 amide bonds. The summed E-state index contributed by atoms with van der Waals surface area (Å²) in [6.45, 7) is 1.31. The minimum Gasteiger partial charge on any atom is -0.495 e. The minimum absolute atomic E-state index is 0.0669. The molecule has 0 aliphatic heterocycles. The Hall–Kier alpha value is -1.16. The summed E-state index contributed by atoms with van der Waals surface area (Å²) >= 11 is 5.77. The van der Waals surface area contributed by atoms with Crippen LogP contribution in [-0.2, 0) is 0 Å². The van der Waals surface area contributed by atoms with E-state index < -0.39 is 6.43 Å². The van der Waals surface area contributed by atoms with Crippen molar-refractivity contribution in [1.29, 1.82) is 0 Å². The molecule has 0 radical (unpaired) electrons.